The molecule has 0 saturated carbocycles. The quantitative estimate of drug-likeness (QED) is 0.401. The molecule has 1 aromatic carbocycles. The molecule has 0 saturated heterocycles. The van der Waals surface area contributed by atoms with E-state index in [0.717, 1.165) is 16.5 Å². The molecular formula is C23H25N7O2S. The van der Waals surface area contributed by atoms with Crippen LogP contribution in [0.5, 0.6) is 0 Å². The summed E-state index contributed by atoms with van der Waals surface area (Å²) in [5, 5.41) is 6.72. The van der Waals surface area contributed by atoms with Crippen molar-refractivity contribution >= 4 is 36.1 Å². The third kappa shape index (κ3) is 5.01. The Kier molecular flexibility index (Phi) is 6.94. The van der Waals surface area contributed by atoms with E-state index >= 15 is 0 Å². The lowest BCUT2D eigenvalue weighted by atomic mass is 9.96. The molecule has 0 spiro atoms. The normalized spacial score (nSPS) is 11.9. The molecule has 0 aliphatic carbocycles. The van der Waals surface area contributed by atoms with Crippen LogP contribution in [-0.2, 0) is 0 Å². The fourth-order valence-electron chi connectivity index (χ4n) is 3.51. The molecule has 4 aromatic rings. The molecule has 10 heteroatoms. The van der Waals surface area contributed by atoms with Crippen LogP contribution in [0.15, 0.2) is 53.8 Å². The predicted octanol–water partition coefficient (Wildman–Crippen LogP) is 2.77. The lowest BCUT2D eigenvalue weighted by Crippen LogP contribution is -2.18. The van der Waals surface area contributed by atoms with Crippen molar-refractivity contribution in [2.75, 3.05) is 18.9 Å². The second kappa shape index (κ2) is 10.2. The van der Waals surface area contributed by atoms with Crippen molar-refractivity contribution in [3.8, 4) is 11.3 Å². The number of hydrogen-bond donors (Lipinski definition) is 3. The van der Waals surface area contributed by atoms with Gasteiger partial charge in [0.2, 0.25) is 0 Å². The van der Waals surface area contributed by atoms with Crippen LogP contribution in [0.25, 0.3) is 22.2 Å². The van der Waals surface area contributed by atoms with Gasteiger partial charge in [-0.05, 0) is 18.6 Å². The molecule has 1 atom stereocenters. The Morgan fingerprint density at radius 1 is 1.21 bits per heavy atom. The van der Waals surface area contributed by atoms with Crippen molar-refractivity contribution in [2.45, 2.75) is 19.8 Å². The molecule has 0 aliphatic heterocycles. The van der Waals surface area contributed by atoms with Gasteiger partial charge in [-0.25, -0.2) is 15.0 Å². The summed E-state index contributed by atoms with van der Waals surface area (Å²) in [4.78, 5) is 44.0. The maximum absolute atomic E-state index is 12.3. The number of aromatic nitrogens is 5. The predicted molar refractivity (Wildman–Crippen MR) is 133 cm³/mol. The van der Waals surface area contributed by atoms with Gasteiger partial charge in [-0.1, -0.05) is 25.1 Å². The van der Waals surface area contributed by atoms with Crippen LogP contribution in [0, 0.1) is 6.92 Å². The smallest absolute Gasteiger partial charge is 0.260 e. The SMILES string of the molecule is S.[2H]c1nc(C)[nH]c(=O)c1-c1cc(NC[C@@H](C)c2cccc3c(C(=O)NC)ccnc23)ncn1. The highest BCUT2D eigenvalue weighted by Crippen LogP contribution is 2.26. The number of para-hydroxylation sites is 1. The van der Waals surface area contributed by atoms with Crippen molar-refractivity contribution in [3.05, 3.63) is 76.3 Å². The first-order valence-electron chi connectivity index (χ1n) is 10.6. The molecule has 0 bridgehead atoms. The van der Waals surface area contributed by atoms with Gasteiger partial charge in [-0.2, -0.15) is 13.5 Å². The highest BCUT2D eigenvalue weighted by Gasteiger charge is 2.15. The number of aromatic amines is 1. The standard InChI is InChI=1S/C23H23N7O2.H2S/c1-13(15-5-4-6-16-17(22(31)24-3)7-8-25-21(15)16)10-27-20-9-19(28-12-29-20)18-11-26-14(2)30-23(18)32;/h4-9,11-13H,10H2,1-3H3,(H,24,31)(H,26,30,32)(H,27,28,29);1H2/t13-;/m1./s1/i11D;. The van der Waals surface area contributed by atoms with Crippen LogP contribution in [0.2, 0.25) is 0 Å². The first kappa shape index (κ1) is 22.4. The van der Waals surface area contributed by atoms with Crippen LogP contribution in [0.1, 0.15) is 36.0 Å². The number of carbonyl (C=O) groups excluding carboxylic acids is 1. The summed E-state index contributed by atoms with van der Waals surface area (Å²) in [5.74, 6) is 0.771. The maximum atomic E-state index is 12.3. The number of benzene rings is 1. The molecule has 1 amide bonds. The highest BCUT2D eigenvalue weighted by atomic mass is 32.1. The summed E-state index contributed by atoms with van der Waals surface area (Å²) in [6.07, 6.45) is 2.85. The molecule has 0 radical (unpaired) electrons. The number of amides is 1. The molecule has 3 N–H and O–H groups in total. The Bertz CT molecular complexity index is 1410. The van der Waals surface area contributed by atoms with E-state index in [-0.39, 0.29) is 37.1 Å². The summed E-state index contributed by atoms with van der Waals surface area (Å²) in [5.41, 5.74) is 2.34. The summed E-state index contributed by atoms with van der Waals surface area (Å²) in [6.45, 7) is 4.20. The average molecular weight is 465 g/mol. The van der Waals surface area contributed by atoms with Gasteiger partial charge in [0.05, 0.1) is 23.7 Å². The molecule has 3 aromatic heterocycles. The zero-order valence-electron chi connectivity index (χ0n) is 19.4. The molecule has 0 aliphatic rings. The van der Waals surface area contributed by atoms with Gasteiger partial charge in [0, 0.05) is 43.3 Å². The summed E-state index contributed by atoms with van der Waals surface area (Å²) >= 11 is 0. The van der Waals surface area contributed by atoms with Gasteiger partial charge in [-0.15, -0.1) is 0 Å². The number of H-pyrrole nitrogens is 1. The first-order chi connectivity index (χ1) is 15.9. The lowest BCUT2D eigenvalue weighted by molar-refractivity contribution is 0.0964. The zero-order valence-corrected chi connectivity index (χ0v) is 19.4. The van der Waals surface area contributed by atoms with Crippen LogP contribution in [0.4, 0.5) is 5.82 Å². The largest absolute Gasteiger partial charge is 0.369 e. The average Bonchev–Trinajstić information content (AvgIpc) is 2.81. The minimum Gasteiger partial charge on any atom is -0.369 e. The maximum Gasteiger partial charge on any atom is 0.260 e. The van der Waals surface area contributed by atoms with Crippen molar-refractivity contribution in [1.29, 1.82) is 0 Å². The van der Waals surface area contributed by atoms with Gasteiger partial charge in [0.25, 0.3) is 11.5 Å². The fourth-order valence-corrected chi connectivity index (χ4v) is 3.51. The summed E-state index contributed by atoms with van der Waals surface area (Å²) < 4.78 is 8.03. The Balaban J connectivity index is 0.00000324. The molecule has 9 nitrogen and oxygen atoms in total. The van der Waals surface area contributed by atoms with Gasteiger partial charge < -0.3 is 15.6 Å². The Hall–Kier alpha value is -3.79. The highest BCUT2D eigenvalue weighted by molar-refractivity contribution is 7.59. The van der Waals surface area contributed by atoms with Gasteiger partial charge in [0.15, 0.2) is 0 Å². The molecule has 0 fully saturated rings. The van der Waals surface area contributed by atoms with E-state index in [2.05, 4.69) is 42.5 Å². The van der Waals surface area contributed by atoms with Gasteiger partial charge in [-0.3, -0.25) is 14.6 Å². The number of anilines is 1. The van der Waals surface area contributed by atoms with Crippen LogP contribution in [-0.4, -0.2) is 44.4 Å². The van der Waals surface area contributed by atoms with Crippen molar-refractivity contribution < 1.29 is 6.17 Å². The minimum absolute atomic E-state index is 0. The zero-order chi connectivity index (χ0) is 23.5. The number of carbonyl (C=O) groups is 1. The Labute approximate surface area is 199 Å². The minimum atomic E-state index is -0.417. The van der Waals surface area contributed by atoms with Crippen molar-refractivity contribution in [1.82, 2.24) is 30.2 Å². The molecule has 4 rings (SSSR count). The molecule has 33 heavy (non-hydrogen) atoms. The monoisotopic (exact) mass is 464 g/mol. The number of pyridine rings is 1. The fraction of sp³-hybridized carbons (Fsp3) is 0.217. The number of fused-ring (bicyclic) bond motifs is 1. The number of nitrogens with zero attached hydrogens (tertiary/aromatic N) is 4. The van der Waals surface area contributed by atoms with Crippen molar-refractivity contribution in [3.63, 3.8) is 0 Å². The van der Waals surface area contributed by atoms with E-state index in [4.69, 9.17) is 1.37 Å². The Morgan fingerprint density at radius 2 is 2.03 bits per heavy atom. The van der Waals surface area contributed by atoms with Crippen molar-refractivity contribution in [2.24, 2.45) is 0 Å². The molecule has 3 heterocycles. The molecule has 0 unspecified atom stereocenters. The third-order valence-electron chi connectivity index (χ3n) is 5.17. The van der Waals surface area contributed by atoms with E-state index in [1.165, 1.54) is 6.33 Å². The van der Waals surface area contributed by atoms with E-state index in [9.17, 15) is 9.59 Å². The second-order valence-corrected chi connectivity index (χ2v) is 7.39. The second-order valence-electron chi connectivity index (χ2n) is 7.39. The van der Waals surface area contributed by atoms with Crippen LogP contribution < -0.4 is 16.2 Å². The van der Waals surface area contributed by atoms with Crippen LogP contribution >= 0.6 is 13.5 Å². The number of rotatable bonds is 6. The van der Waals surface area contributed by atoms with Gasteiger partial charge in [0.1, 0.15) is 18.0 Å². The first-order valence-corrected chi connectivity index (χ1v) is 10.1. The number of hydrogen-bond acceptors (Lipinski definition) is 7. The van der Waals surface area contributed by atoms with E-state index in [1.807, 2.05) is 18.2 Å². The van der Waals surface area contributed by atoms with E-state index < -0.39 is 5.56 Å². The topological polar surface area (TPSA) is 126 Å². The number of aryl methyl sites for hydroxylation is 1. The summed E-state index contributed by atoms with van der Waals surface area (Å²) in [6, 6.07) is 9.12. The van der Waals surface area contributed by atoms with Gasteiger partial charge >= 0.3 is 0 Å². The van der Waals surface area contributed by atoms with E-state index in [0.29, 0.717) is 29.4 Å². The molecule has 170 valence electrons. The number of nitrogens with one attached hydrogen (secondary N) is 3. The molecular weight excluding hydrogens is 438 g/mol. The third-order valence-corrected chi connectivity index (χ3v) is 5.17. The van der Waals surface area contributed by atoms with Crippen LogP contribution in [0.3, 0.4) is 0 Å². The lowest BCUT2D eigenvalue weighted by Gasteiger charge is -2.16. The summed E-state index contributed by atoms with van der Waals surface area (Å²) in [7, 11) is 1.60. The van der Waals surface area contributed by atoms with E-state index in [1.54, 1.807) is 32.3 Å². The Morgan fingerprint density at radius 3 is 2.79 bits per heavy atom.